The summed E-state index contributed by atoms with van der Waals surface area (Å²) in [7, 11) is 0. The Morgan fingerprint density at radius 2 is 1.19 bits per heavy atom. The molecule has 3 nitrogen and oxygen atoms in total. The highest BCUT2D eigenvalue weighted by atomic mass is 32.1. The molecule has 0 amide bonds. The van der Waals surface area contributed by atoms with Crippen LogP contribution in [0.15, 0.2) is 0 Å². The summed E-state index contributed by atoms with van der Waals surface area (Å²) in [5.41, 5.74) is 0.220. The van der Waals surface area contributed by atoms with Gasteiger partial charge in [0.05, 0.1) is 0 Å². The lowest BCUT2D eigenvalue weighted by atomic mass is 9.82. The molecular formula is C17H37NO2S. The molecule has 0 heterocycles. The van der Waals surface area contributed by atoms with Gasteiger partial charge in [0.2, 0.25) is 0 Å². The highest BCUT2D eigenvalue weighted by Crippen LogP contribution is 2.32. The molecule has 0 aliphatic rings. The maximum atomic E-state index is 9.38. The van der Waals surface area contributed by atoms with Crippen LogP contribution in [-0.2, 0) is 0 Å². The summed E-state index contributed by atoms with van der Waals surface area (Å²) in [6, 6.07) is 0. The Balaban J connectivity index is 5.10. The van der Waals surface area contributed by atoms with Gasteiger partial charge in [-0.1, -0.05) is 27.7 Å². The van der Waals surface area contributed by atoms with E-state index in [1.165, 1.54) is 0 Å². The number of rotatable bonds is 11. The lowest BCUT2D eigenvalue weighted by Gasteiger charge is -2.46. The molecule has 0 unspecified atom stereocenters. The summed E-state index contributed by atoms with van der Waals surface area (Å²) in [6.45, 7) is 15.7. The van der Waals surface area contributed by atoms with Gasteiger partial charge in [0.15, 0.2) is 0 Å². The standard InChI is InChI=1S/C17H37NO2S/c1-15(2,7-10-19)13-18(17(5,6)8-11-20)14-16(3,4)9-12-21/h19-21H,7-14H2,1-6H3. The Morgan fingerprint density at radius 3 is 1.57 bits per heavy atom. The van der Waals surface area contributed by atoms with E-state index < -0.39 is 0 Å². The second-order valence-corrected chi connectivity index (χ2v) is 8.86. The molecule has 0 aliphatic heterocycles. The molecule has 0 aromatic rings. The minimum absolute atomic E-state index is 0.0463. The van der Waals surface area contributed by atoms with Crippen LogP contribution in [0.3, 0.4) is 0 Å². The Kier molecular flexibility index (Phi) is 8.85. The van der Waals surface area contributed by atoms with E-state index >= 15 is 0 Å². The summed E-state index contributed by atoms with van der Waals surface area (Å²) in [5.74, 6) is 0.890. The molecule has 0 spiro atoms. The second kappa shape index (κ2) is 8.76. The van der Waals surface area contributed by atoms with Gasteiger partial charge in [0.25, 0.3) is 0 Å². The molecule has 2 N–H and O–H groups in total. The van der Waals surface area contributed by atoms with E-state index in [2.05, 4.69) is 59.1 Å². The molecule has 0 fully saturated rings. The second-order valence-electron chi connectivity index (χ2n) is 8.42. The van der Waals surface area contributed by atoms with Crippen LogP contribution in [0.1, 0.15) is 60.8 Å². The van der Waals surface area contributed by atoms with Gasteiger partial charge in [0.1, 0.15) is 0 Å². The van der Waals surface area contributed by atoms with Crippen LogP contribution in [0, 0.1) is 10.8 Å². The molecule has 0 aromatic heterocycles. The van der Waals surface area contributed by atoms with Crippen LogP contribution >= 0.6 is 12.6 Å². The predicted octanol–water partition coefficient (Wildman–Crippen LogP) is 3.20. The van der Waals surface area contributed by atoms with Gasteiger partial charge in [-0.15, -0.1) is 0 Å². The molecule has 0 saturated carbocycles. The molecule has 0 aromatic carbocycles. The topological polar surface area (TPSA) is 43.7 Å². The van der Waals surface area contributed by atoms with Crippen LogP contribution in [0.4, 0.5) is 0 Å². The number of thiol groups is 1. The number of hydrogen-bond donors (Lipinski definition) is 3. The minimum Gasteiger partial charge on any atom is -0.396 e. The van der Waals surface area contributed by atoms with Crippen LogP contribution in [0.25, 0.3) is 0 Å². The van der Waals surface area contributed by atoms with Crippen molar-refractivity contribution >= 4 is 12.6 Å². The van der Waals surface area contributed by atoms with Crippen molar-refractivity contribution in [3.63, 3.8) is 0 Å². The minimum atomic E-state index is -0.0463. The molecule has 0 bridgehead atoms. The van der Waals surface area contributed by atoms with Gasteiger partial charge in [-0.05, 0) is 49.7 Å². The summed E-state index contributed by atoms with van der Waals surface area (Å²) in [5, 5.41) is 18.6. The van der Waals surface area contributed by atoms with Crippen molar-refractivity contribution in [2.24, 2.45) is 10.8 Å². The molecule has 0 aliphatic carbocycles. The lowest BCUT2D eigenvalue weighted by Crippen LogP contribution is -2.52. The van der Waals surface area contributed by atoms with Crippen LogP contribution in [0.5, 0.6) is 0 Å². The van der Waals surface area contributed by atoms with E-state index in [1.807, 2.05) is 0 Å². The quantitative estimate of drug-likeness (QED) is 0.512. The molecule has 0 atom stereocenters. The fourth-order valence-corrected chi connectivity index (χ4v) is 3.32. The van der Waals surface area contributed by atoms with Crippen molar-refractivity contribution in [1.82, 2.24) is 4.90 Å². The third-order valence-electron chi connectivity index (χ3n) is 4.39. The van der Waals surface area contributed by atoms with E-state index in [-0.39, 0.29) is 29.6 Å². The first-order valence-electron chi connectivity index (χ1n) is 8.07. The largest absolute Gasteiger partial charge is 0.396 e. The Bertz CT molecular complexity index is 271. The SMILES string of the molecule is CC(C)(CCO)CN(CC(C)(C)CCS)C(C)(C)CCO. The average Bonchev–Trinajstić information content (AvgIpc) is 2.26. The van der Waals surface area contributed by atoms with E-state index in [1.54, 1.807) is 0 Å². The number of aliphatic hydroxyl groups excluding tert-OH is 2. The Morgan fingerprint density at radius 1 is 0.762 bits per heavy atom. The van der Waals surface area contributed by atoms with Gasteiger partial charge < -0.3 is 10.2 Å². The maximum Gasteiger partial charge on any atom is 0.0448 e. The third kappa shape index (κ3) is 8.44. The highest BCUT2D eigenvalue weighted by molar-refractivity contribution is 7.80. The van der Waals surface area contributed by atoms with Gasteiger partial charge in [-0.3, -0.25) is 4.90 Å². The van der Waals surface area contributed by atoms with Crippen molar-refractivity contribution in [1.29, 1.82) is 0 Å². The maximum absolute atomic E-state index is 9.38. The lowest BCUT2D eigenvalue weighted by molar-refractivity contribution is 0.0155. The summed E-state index contributed by atoms with van der Waals surface area (Å²) in [4.78, 5) is 2.49. The van der Waals surface area contributed by atoms with Crippen molar-refractivity contribution in [3.05, 3.63) is 0 Å². The highest BCUT2D eigenvalue weighted by Gasteiger charge is 2.34. The van der Waals surface area contributed by atoms with Gasteiger partial charge in [-0.2, -0.15) is 12.6 Å². The molecular weight excluding hydrogens is 282 g/mol. The molecule has 128 valence electrons. The average molecular weight is 320 g/mol. The normalized spacial score (nSPS) is 14.0. The number of hydrogen-bond acceptors (Lipinski definition) is 4. The molecule has 4 heteroatoms. The monoisotopic (exact) mass is 319 g/mol. The van der Waals surface area contributed by atoms with Crippen LogP contribution in [0.2, 0.25) is 0 Å². The van der Waals surface area contributed by atoms with E-state index in [9.17, 15) is 10.2 Å². The van der Waals surface area contributed by atoms with Crippen molar-refractivity contribution in [3.8, 4) is 0 Å². The predicted molar refractivity (Wildman–Crippen MR) is 95.1 cm³/mol. The van der Waals surface area contributed by atoms with Crippen molar-refractivity contribution in [2.45, 2.75) is 66.3 Å². The number of nitrogens with zero attached hydrogens (tertiary/aromatic N) is 1. The molecule has 21 heavy (non-hydrogen) atoms. The van der Waals surface area contributed by atoms with Crippen molar-refractivity contribution in [2.75, 3.05) is 32.1 Å². The van der Waals surface area contributed by atoms with E-state index in [4.69, 9.17) is 0 Å². The Hall–Kier alpha value is 0.230. The van der Waals surface area contributed by atoms with Crippen LogP contribution in [-0.4, -0.2) is 52.7 Å². The summed E-state index contributed by atoms with van der Waals surface area (Å²) in [6.07, 6.45) is 2.63. The number of aliphatic hydroxyl groups is 2. The van der Waals surface area contributed by atoms with Gasteiger partial charge >= 0.3 is 0 Å². The molecule has 0 radical (unpaired) electrons. The first kappa shape index (κ1) is 21.2. The fraction of sp³-hybridized carbons (Fsp3) is 1.00. The first-order valence-corrected chi connectivity index (χ1v) is 8.70. The summed E-state index contributed by atoms with van der Waals surface area (Å²) < 4.78 is 0. The van der Waals surface area contributed by atoms with E-state index in [0.717, 1.165) is 38.1 Å². The zero-order valence-corrected chi connectivity index (χ0v) is 15.8. The van der Waals surface area contributed by atoms with Crippen LogP contribution < -0.4 is 0 Å². The van der Waals surface area contributed by atoms with E-state index in [0.29, 0.717) is 0 Å². The van der Waals surface area contributed by atoms with Gasteiger partial charge in [0, 0.05) is 31.8 Å². The zero-order chi connectivity index (χ0) is 16.7. The fourth-order valence-electron chi connectivity index (χ4n) is 2.71. The zero-order valence-electron chi connectivity index (χ0n) is 14.9. The molecule has 0 saturated heterocycles. The van der Waals surface area contributed by atoms with Gasteiger partial charge in [-0.25, -0.2) is 0 Å². The smallest absolute Gasteiger partial charge is 0.0448 e. The third-order valence-corrected chi connectivity index (χ3v) is 4.62. The molecule has 0 rings (SSSR count). The first-order chi connectivity index (χ1) is 9.49. The van der Waals surface area contributed by atoms with Crippen molar-refractivity contribution < 1.29 is 10.2 Å². The summed E-state index contributed by atoms with van der Waals surface area (Å²) >= 11 is 4.38. The Labute approximate surface area is 137 Å².